The number of thiocarbonyl (C=S) groups is 1. The zero-order valence-electron chi connectivity index (χ0n) is 15.1. The fraction of sp³-hybridized carbons (Fsp3) is 0.200. The summed E-state index contributed by atoms with van der Waals surface area (Å²) in [6, 6.07) is 14.2. The molecule has 1 amide bonds. The third kappa shape index (κ3) is 6.40. The highest BCUT2D eigenvalue weighted by Crippen LogP contribution is 2.24. The first-order chi connectivity index (χ1) is 13.2. The van der Waals surface area contributed by atoms with Crippen LogP contribution in [0.15, 0.2) is 61.2 Å². The van der Waals surface area contributed by atoms with Crippen molar-refractivity contribution in [3.05, 3.63) is 66.7 Å². The van der Waals surface area contributed by atoms with Crippen LogP contribution < -0.4 is 20.1 Å². The number of hydrogen-bond acceptors (Lipinski definition) is 5. The average Bonchev–Trinajstić information content (AvgIpc) is 2.67. The Kier molecular flexibility index (Phi) is 8.28. The largest absolute Gasteiger partial charge is 0.490 e. The topological polar surface area (TPSA) is 68.8 Å². The minimum atomic E-state index is -0.370. The van der Waals surface area contributed by atoms with E-state index >= 15 is 0 Å². The molecule has 2 rings (SSSR count). The number of carbonyl (C=O) groups is 1. The van der Waals surface area contributed by atoms with E-state index in [4.69, 9.17) is 26.4 Å². The summed E-state index contributed by atoms with van der Waals surface area (Å²) in [4.78, 5) is 12.6. The maximum absolute atomic E-state index is 12.6. The van der Waals surface area contributed by atoms with Gasteiger partial charge in [0.2, 0.25) is 0 Å². The van der Waals surface area contributed by atoms with Gasteiger partial charge in [-0.3, -0.25) is 10.1 Å². The fourth-order valence-electron chi connectivity index (χ4n) is 2.18. The van der Waals surface area contributed by atoms with Crippen molar-refractivity contribution in [2.45, 2.75) is 0 Å². The molecule has 0 unspecified atom stereocenters. The van der Waals surface area contributed by atoms with Crippen LogP contribution in [-0.2, 0) is 4.74 Å². The van der Waals surface area contributed by atoms with Gasteiger partial charge >= 0.3 is 0 Å². The zero-order chi connectivity index (χ0) is 19.5. The molecule has 6 nitrogen and oxygen atoms in total. The number of nitrogens with one attached hydrogen (secondary N) is 2. The number of anilines is 1. The van der Waals surface area contributed by atoms with Crippen molar-refractivity contribution in [1.29, 1.82) is 0 Å². The van der Waals surface area contributed by atoms with E-state index in [1.54, 1.807) is 49.6 Å². The molecule has 0 atom stereocenters. The summed E-state index contributed by atoms with van der Waals surface area (Å²) in [6.45, 7) is 4.76. The second-order valence-corrected chi connectivity index (χ2v) is 5.75. The van der Waals surface area contributed by atoms with E-state index in [1.807, 2.05) is 12.1 Å². The van der Waals surface area contributed by atoms with E-state index in [0.29, 0.717) is 42.6 Å². The van der Waals surface area contributed by atoms with Crippen molar-refractivity contribution >= 4 is 28.9 Å². The molecule has 0 aliphatic heterocycles. The minimum absolute atomic E-state index is 0.154. The molecule has 27 heavy (non-hydrogen) atoms. The molecule has 0 aliphatic carbocycles. The number of hydrogen-bond donors (Lipinski definition) is 2. The summed E-state index contributed by atoms with van der Waals surface area (Å²) in [7, 11) is 1.59. The van der Waals surface area contributed by atoms with Crippen molar-refractivity contribution < 1.29 is 19.0 Å². The molecule has 0 saturated carbocycles. The van der Waals surface area contributed by atoms with Gasteiger partial charge in [0.1, 0.15) is 24.7 Å². The molecule has 0 fully saturated rings. The minimum Gasteiger partial charge on any atom is -0.490 e. The lowest BCUT2D eigenvalue weighted by atomic mass is 10.2. The van der Waals surface area contributed by atoms with Gasteiger partial charge < -0.3 is 19.5 Å². The number of para-hydroxylation sites is 3. The number of rotatable bonds is 9. The Morgan fingerprint density at radius 1 is 1.07 bits per heavy atom. The van der Waals surface area contributed by atoms with Gasteiger partial charge in [0.25, 0.3) is 5.91 Å². The van der Waals surface area contributed by atoms with Crippen molar-refractivity contribution in [2.24, 2.45) is 0 Å². The third-order valence-corrected chi connectivity index (χ3v) is 3.60. The summed E-state index contributed by atoms with van der Waals surface area (Å²) in [5.41, 5.74) is 1.03. The predicted octanol–water partition coefficient (Wildman–Crippen LogP) is 3.40. The van der Waals surface area contributed by atoms with Crippen LogP contribution in [-0.4, -0.2) is 38.0 Å². The molecule has 0 aromatic heterocycles. The van der Waals surface area contributed by atoms with Crippen LogP contribution in [0.5, 0.6) is 11.5 Å². The van der Waals surface area contributed by atoms with Gasteiger partial charge in [0.15, 0.2) is 5.11 Å². The lowest BCUT2D eigenvalue weighted by Crippen LogP contribution is -2.34. The first kappa shape index (κ1) is 20.4. The van der Waals surface area contributed by atoms with Crippen LogP contribution in [0.25, 0.3) is 0 Å². The highest BCUT2D eigenvalue weighted by molar-refractivity contribution is 7.80. The third-order valence-electron chi connectivity index (χ3n) is 3.40. The highest BCUT2D eigenvalue weighted by Gasteiger charge is 2.14. The summed E-state index contributed by atoms with van der Waals surface area (Å²) >= 11 is 5.25. The van der Waals surface area contributed by atoms with E-state index in [2.05, 4.69) is 17.2 Å². The number of methoxy groups -OCH3 is 1. The molecular formula is C20H22N2O4S. The quantitative estimate of drug-likeness (QED) is 0.391. The van der Waals surface area contributed by atoms with E-state index in [1.165, 1.54) is 0 Å². The molecule has 0 bridgehead atoms. The van der Waals surface area contributed by atoms with Gasteiger partial charge in [-0.15, -0.1) is 0 Å². The van der Waals surface area contributed by atoms with Crippen molar-refractivity contribution in [1.82, 2.24) is 5.32 Å². The Morgan fingerprint density at radius 3 is 2.52 bits per heavy atom. The number of benzene rings is 2. The van der Waals surface area contributed by atoms with Crippen LogP contribution in [0.3, 0.4) is 0 Å². The van der Waals surface area contributed by atoms with Crippen LogP contribution in [0, 0.1) is 0 Å². The Labute approximate surface area is 164 Å². The monoisotopic (exact) mass is 386 g/mol. The molecule has 2 aromatic carbocycles. The molecule has 2 aromatic rings. The molecular weight excluding hydrogens is 364 g/mol. The number of carbonyl (C=O) groups excluding carboxylic acids is 1. The van der Waals surface area contributed by atoms with Gasteiger partial charge in [-0.1, -0.05) is 36.9 Å². The Hall–Kier alpha value is -2.90. The van der Waals surface area contributed by atoms with Crippen molar-refractivity contribution in [3.63, 3.8) is 0 Å². The molecule has 142 valence electrons. The summed E-state index contributed by atoms with van der Waals surface area (Å²) in [5, 5.41) is 5.78. The first-order valence-corrected chi connectivity index (χ1v) is 8.72. The second-order valence-electron chi connectivity index (χ2n) is 5.34. The lowest BCUT2D eigenvalue weighted by Gasteiger charge is -2.15. The van der Waals surface area contributed by atoms with Crippen molar-refractivity contribution in [2.75, 3.05) is 32.2 Å². The molecule has 0 spiro atoms. The molecule has 0 saturated heterocycles. The Bertz CT molecular complexity index is 795. The standard InChI is InChI=1S/C20H22N2O4S/c1-3-12-25-18-11-7-5-9-16(18)21-20(27)22-19(23)15-8-4-6-10-17(15)26-14-13-24-2/h3-11H,1,12-14H2,2H3,(H2,21,22,23,27). The summed E-state index contributed by atoms with van der Waals surface area (Å²) in [5.74, 6) is 0.701. The normalized spacial score (nSPS) is 9.96. The second kappa shape index (κ2) is 10.9. The maximum Gasteiger partial charge on any atom is 0.261 e. The van der Waals surface area contributed by atoms with Gasteiger partial charge in [0.05, 0.1) is 17.9 Å². The zero-order valence-corrected chi connectivity index (χ0v) is 15.9. The molecule has 0 radical (unpaired) electrons. The predicted molar refractivity (Wildman–Crippen MR) is 110 cm³/mol. The maximum atomic E-state index is 12.6. The van der Waals surface area contributed by atoms with Crippen LogP contribution in [0.1, 0.15) is 10.4 Å². The molecule has 2 N–H and O–H groups in total. The molecule has 0 aliphatic rings. The highest BCUT2D eigenvalue weighted by atomic mass is 32.1. The van der Waals surface area contributed by atoms with E-state index in [0.717, 1.165) is 0 Å². The van der Waals surface area contributed by atoms with Crippen LogP contribution in [0.2, 0.25) is 0 Å². The Morgan fingerprint density at radius 2 is 1.78 bits per heavy atom. The number of ether oxygens (including phenoxy) is 3. The van der Waals surface area contributed by atoms with Gasteiger partial charge in [0, 0.05) is 7.11 Å². The van der Waals surface area contributed by atoms with Gasteiger partial charge in [-0.25, -0.2) is 0 Å². The van der Waals surface area contributed by atoms with Crippen molar-refractivity contribution in [3.8, 4) is 11.5 Å². The first-order valence-electron chi connectivity index (χ1n) is 8.31. The SMILES string of the molecule is C=CCOc1ccccc1NC(=S)NC(=O)c1ccccc1OCCOC. The fourth-order valence-corrected chi connectivity index (χ4v) is 2.39. The average molecular weight is 386 g/mol. The smallest absolute Gasteiger partial charge is 0.261 e. The van der Waals surface area contributed by atoms with Crippen LogP contribution in [0.4, 0.5) is 5.69 Å². The van der Waals surface area contributed by atoms with E-state index < -0.39 is 0 Å². The van der Waals surface area contributed by atoms with E-state index in [-0.39, 0.29) is 11.0 Å². The number of amides is 1. The Balaban J connectivity index is 2.02. The summed E-state index contributed by atoms with van der Waals surface area (Å²) in [6.07, 6.45) is 1.65. The summed E-state index contributed by atoms with van der Waals surface area (Å²) < 4.78 is 16.1. The van der Waals surface area contributed by atoms with E-state index in [9.17, 15) is 4.79 Å². The lowest BCUT2D eigenvalue weighted by molar-refractivity contribution is 0.0970. The van der Waals surface area contributed by atoms with Gasteiger partial charge in [-0.2, -0.15) is 0 Å². The van der Waals surface area contributed by atoms with Crippen LogP contribution >= 0.6 is 12.2 Å². The van der Waals surface area contributed by atoms with Gasteiger partial charge in [-0.05, 0) is 36.5 Å². The molecule has 0 heterocycles. The molecule has 7 heteroatoms.